The molecule has 0 spiro atoms. The monoisotopic (exact) mass is 388 g/mol. The van der Waals surface area contributed by atoms with Crippen molar-refractivity contribution < 1.29 is 4.87 Å². The van der Waals surface area contributed by atoms with E-state index in [1.165, 1.54) is 0 Å². The molecule has 3 aromatic rings. The van der Waals surface area contributed by atoms with Crippen molar-refractivity contribution in [2.75, 3.05) is 7.05 Å². The number of fused-ring (bicyclic) bond motifs is 1. The third kappa shape index (κ3) is 4.85. The van der Waals surface area contributed by atoms with Crippen molar-refractivity contribution in [3.8, 4) is 11.1 Å². The van der Waals surface area contributed by atoms with Gasteiger partial charge in [0.2, 0.25) is 0 Å². The summed E-state index contributed by atoms with van der Waals surface area (Å²) in [7, 11) is 1.61. The van der Waals surface area contributed by atoms with Crippen LogP contribution in [0.3, 0.4) is 0 Å². The minimum absolute atomic E-state index is 0.214. The van der Waals surface area contributed by atoms with Gasteiger partial charge in [-0.15, -0.1) is 0 Å². The maximum absolute atomic E-state index is 12.6. The highest BCUT2D eigenvalue weighted by Gasteiger charge is 2.19. The first kappa shape index (κ1) is 20.2. The van der Waals surface area contributed by atoms with E-state index in [-0.39, 0.29) is 5.41 Å². The SMILES string of the molecule is CN=C(/C=C(\N)C(C)(C)C)N[N+](=O)c1ccc2cc(-c3ccccc3)cnc2c1. The molecule has 0 aliphatic rings. The lowest BCUT2D eigenvalue weighted by atomic mass is 9.92. The third-order valence-electron chi connectivity index (χ3n) is 4.62. The van der Waals surface area contributed by atoms with Gasteiger partial charge in [-0.2, -0.15) is 0 Å². The molecule has 0 saturated carbocycles. The zero-order valence-electron chi connectivity index (χ0n) is 17.2. The number of pyridine rings is 1. The van der Waals surface area contributed by atoms with Crippen molar-refractivity contribution >= 4 is 22.4 Å². The molecule has 3 N–H and O–H groups in total. The first-order valence-electron chi connectivity index (χ1n) is 9.41. The van der Waals surface area contributed by atoms with Crippen LogP contribution in [0.4, 0.5) is 5.69 Å². The molecule has 1 heterocycles. The Labute approximate surface area is 170 Å². The van der Waals surface area contributed by atoms with Gasteiger partial charge in [0.25, 0.3) is 5.69 Å². The quantitative estimate of drug-likeness (QED) is 0.293. The number of nitroso groups, excluding NO2 is 1. The average Bonchev–Trinajstić information content (AvgIpc) is 2.72. The van der Waals surface area contributed by atoms with Gasteiger partial charge in [0.05, 0.1) is 10.4 Å². The van der Waals surface area contributed by atoms with Gasteiger partial charge >= 0.3 is 0 Å². The summed E-state index contributed by atoms with van der Waals surface area (Å²) in [6.45, 7) is 6.00. The molecule has 0 aliphatic carbocycles. The lowest BCUT2D eigenvalue weighted by Gasteiger charge is -2.18. The molecular weight excluding hydrogens is 362 g/mol. The van der Waals surface area contributed by atoms with Gasteiger partial charge in [-0.25, -0.2) is 0 Å². The van der Waals surface area contributed by atoms with Gasteiger partial charge in [-0.3, -0.25) is 9.98 Å². The van der Waals surface area contributed by atoms with Gasteiger partial charge in [-0.1, -0.05) is 56.5 Å². The Hall–Kier alpha value is -3.54. The number of nitrogens with one attached hydrogen (secondary N) is 1. The lowest BCUT2D eigenvalue weighted by molar-refractivity contribution is -0.508. The van der Waals surface area contributed by atoms with E-state index in [1.807, 2.05) is 63.4 Å². The molecule has 3 rings (SSSR count). The van der Waals surface area contributed by atoms with Gasteiger partial charge < -0.3 is 5.73 Å². The summed E-state index contributed by atoms with van der Waals surface area (Å²) in [6.07, 6.45) is 3.49. The first-order valence-corrected chi connectivity index (χ1v) is 9.41. The Morgan fingerprint density at radius 1 is 1.10 bits per heavy atom. The Balaban J connectivity index is 1.83. The van der Waals surface area contributed by atoms with E-state index in [2.05, 4.69) is 21.5 Å². The zero-order chi connectivity index (χ0) is 21.0. The second kappa shape index (κ2) is 8.22. The van der Waals surface area contributed by atoms with Crippen molar-refractivity contribution in [1.82, 2.24) is 10.4 Å². The van der Waals surface area contributed by atoms with E-state index in [1.54, 1.807) is 25.3 Å². The van der Waals surface area contributed by atoms with Crippen molar-refractivity contribution in [3.05, 3.63) is 77.5 Å². The van der Waals surface area contributed by atoms with Crippen LogP contribution in [0, 0.1) is 10.3 Å². The number of amidine groups is 1. The second-order valence-electron chi connectivity index (χ2n) is 7.83. The molecule has 6 heteroatoms. The van der Waals surface area contributed by atoms with E-state index >= 15 is 0 Å². The van der Waals surface area contributed by atoms with Crippen LogP contribution >= 0.6 is 0 Å². The Bertz CT molecular complexity index is 1100. The number of aliphatic imine (C=N–C) groups is 1. The van der Waals surface area contributed by atoms with Crippen LogP contribution in [0.25, 0.3) is 22.0 Å². The van der Waals surface area contributed by atoms with Crippen molar-refractivity contribution in [2.24, 2.45) is 16.1 Å². The molecule has 0 fully saturated rings. The molecule has 1 aromatic heterocycles. The second-order valence-corrected chi connectivity index (χ2v) is 7.83. The molecule has 29 heavy (non-hydrogen) atoms. The first-order chi connectivity index (χ1) is 13.8. The number of rotatable bonds is 4. The normalized spacial score (nSPS) is 12.8. The minimum atomic E-state index is -0.214. The number of allylic oxidation sites excluding steroid dienone is 1. The number of nitrogens with two attached hydrogens (primary N) is 1. The van der Waals surface area contributed by atoms with Gasteiger partial charge in [0.1, 0.15) is 0 Å². The smallest absolute Gasteiger partial charge is 0.294 e. The van der Waals surface area contributed by atoms with E-state index in [0.29, 0.717) is 22.1 Å². The molecule has 0 radical (unpaired) electrons. The average molecular weight is 388 g/mol. The minimum Gasteiger partial charge on any atom is -0.401 e. The van der Waals surface area contributed by atoms with Gasteiger partial charge in [-0.05, 0) is 17.7 Å². The zero-order valence-corrected chi connectivity index (χ0v) is 17.2. The molecule has 0 saturated heterocycles. The summed E-state index contributed by atoms with van der Waals surface area (Å²) < 4.78 is 0. The van der Waals surface area contributed by atoms with Crippen LogP contribution in [-0.2, 0) is 0 Å². The maximum atomic E-state index is 12.6. The molecule has 0 aliphatic heterocycles. The fraction of sp³-hybridized carbons (Fsp3) is 0.217. The number of benzene rings is 2. The van der Waals surface area contributed by atoms with Crippen molar-refractivity contribution in [2.45, 2.75) is 20.8 Å². The van der Waals surface area contributed by atoms with E-state index < -0.39 is 0 Å². The summed E-state index contributed by atoms with van der Waals surface area (Å²) >= 11 is 0. The van der Waals surface area contributed by atoms with Crippen LogP contribution in [0.5, 0.6) is 0 Å². The number of aromatic nitrogens is 1. The molecular formula is C23H26N5O+. The molecule has 148 valence electrons. The highest BCUT2D eigenvalue weighted by molar-refractivity contribution is 5.92. The van der Waals surface area contributed by atoms with Crippen LogP contribution in [0.1, 0.15) is 20.8 Å². The van der Waals surface area contributed by atoms with Crippen LogP contribution in [0.2, 0.25) is 0 Å². The highest BCUT2D eigenvalue weighted by atomic mass is 16.3. The Kier molecular flexibility index (Phi) is 5.73. The lowest BCUT2D eigenvalue weighted by Crippen LogP contribution is -2.30. The number of hydrogen-bond donors (Lipinski definition) is 2. The summed E-state index contributed by atoms with van der Waals surface area (Å²) in [5, 5.41) is 0.963. The molecule has 6 nitrogen and oxygen atoms in total. The Morgan fingerprint density at radius 2 is 1.83 bits per heavy atom. The summed E-state index contributed by atoms with van der Waals surface area (Å²) in [6, 6.07) is 17.5. The topological polar surface area (TPSA) is 83.4 Å². The third-order valence-corrected chi connectivity index (χ3v) is 4.62. The van der Waals surface area contributed by atoms with Crippen molar-refractivity contribution in [1.29, 1.82) is 0 Å². The number of nitrogens with zero attached hydrogens (tertiary/aromatic N) is 3. The number of hydrazine groups is 1. The van der Waals surface area contributed by atoms with Gasteiger partial charge in [0, 0.05) is 53.5 Å². The van der Waals surface area contributed by atoms with Crippen LogP contribution < -0.4 is 11.2 Å². The van der Waals surface area contributed by atoms with Gasteiger partial charge in [0.15, 0.2) is 10.7 Å². The van der Waals surface area contributed by atoms with E-state index in [9.17, 15) is 4.91 Å². The number of hydrogen-bond acceptors (Lipinski definition) is 4. The van der Waals surface area contributed by atoms with E-state index in [0.717, 1.165) is 22.0 Å². The largest absolute Gasteiger partial charge is 0.401 e. The fourth-order valence-electron chi connectivity index (χ4n) is 2.70. The predicted octanol–water partition coefficient (Wildman–Crippen LogP) is 4.73. The predicted molar refractivity (Wildman–Crippen MR) is 119 cm³/mol. The summed E-state index contributed by atoms with van der Waals surface area (Å²) in [4.78, 5) is 21.9. The van der Waals surface area contributed by atoms with Crippen LogP contribution in [0.15, 0.2) is 77.6 Å². The highest BCUT2D eigenvalue weighted by Crippen LogP contribution is 2.25. The Morgan fingerprint density at radius 3 is 2.48 bits per heavy atom. The van der Waals surface area contributed by atoms with Crippen LogP contribution in [-0.4, -0.2) is 22.7 Å². The summed E-state index contributed by atoms with van der Waals surface area (Å²) in [5.74, 6) is 0.389. The van der Waals surface area contributed by atoms with Crippen molar-refractivity contribution in [3.63, 3.8) is 0 Å². The standard InChI is InChI=1S/C23H26N5O/c1-23(2,3)21(24)14-22(25-4)27-28(29)19-11-10-17-12-18(15-26-20(17)13-19)16-8-6-5-7-9-16/h5-15H,24H2,1-4H3,(H,25,27,29)/q+1/b21-14-. The molecule has 0 unspecified atom stereocenters. The molecule has 2 aromatic carbocycles. The summed E-state index contributed by atoms with van der Waals surface area (Å²) in [5.41, 5.74) is 12.5. The molecule has 0 bridgehead atoms. The van der Waals surface area contributed by atoms with E-state index in [4.69, 9.17) is 5.73 Å². The molecule has 0 amide bonds. The fourth-order valence-corrected chi connectivity index (χ4v) is 2.70. The maximum Gasteiger partial charge on any atom is 0.294 e. The molecule has 0 atom stereocenters.